The van der Waals surface area contributed by atoms with E-state index in [2.05, 4.69) is 0 Å². The van der Waals surface area contributed by atoms with Crippen LogP contribution in [0.25, 0.3) is 0 Å². The number of hydrogen-bond donors (Lipinski definition) is 0. The van der Waals surface area contributed by atoms with E-state index >= 15 is 0 Å². The molecule has 1 unspecified atom stereocenters. The van der Waals surface area contributed by atoms with Crippen molar-refractivity contribution < 1.29 is 17.3 Å². The largest absolute Gasteiger partial charge is 0.380 e. The second kappa shape index (κ2) is 5.82. The molecule has 0 saturated carbocycles. The second-order valence-corrected chi connectivity index (χ2v) is 4.54. The SMILES string of the molecule is CC(C)(C)OS(=O)Oc1ccccc1.F. The van der Waals surface area contributed by atoms with E-state index in [0.29, 0.717) is 5.75 Å². The molecule has 0 aromatic heterocycles. The molecule has 0 aliphatic rings. The van der Waals surface area contributed by atoms with Crippen molar-refractivity contribution in [3.8, 4) is 5.75 Å². The van der Waals surface area contributed by atoms with Gasteiger partial charge in [-0.1, -0.05) is 18.2 Å². The summed E-state index contributed by atoms with van der Waals surface area (Å²) in [7, 11) is 0. The van der Waals surface area contributed by atoms with Gasteiger partial charge in [-0.3, -0.25) is 8.89 Å². The van der Waals surface area contributed by atoms with Crippen molar-refractivity contribution in [3.05, 3.63) is 30.3 Å². The van der Waals surface area contributed by atoms with E-state index in [9.17, 15) is 4.21 Å². The standard InChI is InChI=1S/C10H14O3S.FH/c1-10(2,3)13-14(11)12-9-7-5-4-6-8-9;/h4-8H,1-3H3;1H. The van der Waals surface area contributed by atoms with E-state index in [-0.39, 0.29) is 4.70 Å². The van der Waals surface area contributed by atoms with E-state index < -0.39 is 17.0 Å². The van der Waals surface area contributed by atoms with Gasteiger partial charge in [0.15, 0.2) is 0 Å². The summed E-state index contributed by atoms with van der Waals surface area (Å²) >= 11 is -1.74. The third kappa shape index (κ3) is 6.19. The molecule has 0 fully saturated rings. The molecular formula is C10H15FO3S. The van der Waals surface area contributed by atoms with Crippen LogP contribution in [0.4, 0.5) is 4.70 Å². The highest BCUT2D eigenvalue weighted by atomic mass is 32.2. The first-order valence-corrected chi connectivity index (χ1v) is 5.32. The van der Waals surface area contributed by atoms with Crippen molar-refractivity contribution in [2.75, 3.05) is 0 Å². The number of rotatable bonds is 3. The van der Waals surface area contributed by atoms with Gasteiger partial charge >= 0.3 is 11.4 Å². The van der Waals surface area contributed by atoms with E-state index in [1.54, 1.807) is 12.1 Å². The number of para-hydroxylation sites is 1. The molecule has 5 heteroatoms. The molecule has 1 rings (SSSR count). The summed E-state index contributed by atoms with van der Waals surface area (Å²) in [5.41, 5.74) is -0.473. The van der Waals surface area contributed by atoms with Crippen molar-refractivity contribution >= 4 is 11.4 Å². The monoisotopic (exact) mass is 234 g/mol. The molecule has 0 radical (unpaired) electrons. The van der Waals surface area contributed by atoms with Crippen LogP contribution in [0, 0.1) is 0 Å². The van der Waals surface area contributed by atoms with E-state index in [1.165, 1.54) is 0 Å². The normalized spacial score (nSPS) is 12.7. The summed E-state index contributed by atoms with van der Waals surface area (Å²) in [6.45, 7) is 5.46. The highest BCUT2D eigenvalue weighted by Gasteiger charge is 2.16. The molecule has 0 aliphatic carbocycles. The lowest BCUT2D eigenvalue weighted by atomic mass is 10.2. The zero-order valence-electron chi connectivity index (χ0n) is 8.93. The van der Waals surface area contributed by atoms with Crippen LogP contribution in [0.1, 0.15) is 20.8 Å². The first-order chi connectivity index (χ1) is 6.47. The Morgan fingerprint density at radius 2 is 1.67 bits per heavy atom. The lowest BCUT2D eigenvalue weighted by Crippen LogP contribution is -2.22. The van der Waals surface area contributed by atoms with Gasteiger partial charge in [-0.25, -0.2) is 0 Å². The Morgan fingerprint density at radius 1 is 1.13 bits per heavy atom. The molecule has 0 bridgehead atoms. The van der Waals surface area contributed by atoms with E-state index in [0.717, 1.165) is 0 Å². The van der Waals surface area contributed by atoms with Gasteiger partial charge in [0.25, 0.3) is 0 Å². The molecule has 15 heavy (non-hydrogen) atoms. The van der Waals surface area contributed by atoms with Crippen LogP contribution in [0.2, 0.25) is 0 Å². The van der Waals surface area contributed by atoms with Gasteiger partial charge < -0.3 is 4.18 Å². The van der Waals surface area contributed by atoms with Gasteiger partial charge in [-0.2, -0.15) is 4.21 Å². The quantitative estimate of drug-likeness (QED) is 0.806. The molecule has 0 N–H and O–H groups in total. The van der Waals surface area contributed by atoms with Crippen molar-refractivity contribution in [1.29, 1.82) is 0 Å². The predicted octanol–water partition coefficient (Wildman–Crippen LogP) is 2.61. The fourth-order valence-corrected chi connectivity index (χ4v) is 1.49. The van der Waals surface area contributed by atoms with Gasteiger partial charge in [0.1, 0.15) is 5.75 Å². The molecular weight excluding hydrogens is 219 g/mol. The van der Waals surface area contributed by atoms with Crippen LogP contribution in [0.3, 0.4) is 0 Å². The van der Waals surface area contributed by atoms with Crippen LogP contribution in [0.5, 0.6) is 5.75 Å². The predicted molar refractivity (Wildman–Crippen MR) is 58.6 cm³/mol. The third-order valence-electron chi connectivity index (χ3n) is 1.23. The molecule has 0 saturated heterocycles. The highest BCUT2D eigenvalue weighted by Crippen LogP contribution is 2.14. The van der Waals surface area contributed by atoms with Gasteiger partial charge in [-0.05, 0) is 32.9 Å². The molecule has 0 amide bonds. The summed E-state index contributed by atoms with van der Waals surface area (Å²) in [6.07, 6.45) is 0. The highest BCUT2D eigenvalue weighted by molar-refractivity contribution is 7.75. The summed E-state index contributed by atoms with van der Waals surface area (Å²) < 4.78 is 21.4. The maximum Gasteiger partial charge on any atom is 0.360 e. The minimum atomic E-state index is -1.74. The Kier molecular flexibility index (Phi) is 5.46. The average molecular weight is 234 g/mol. The maximum atomic E-state index is 11.3. The Bertz CT molecular complexity index is 308. The molecule has 0 heterocycles. The summed E-state index contributed by atoms with van der Waals surface area (Å²) in [5, 5.41) is 0. The lowest BCUT2D eigenvalue weighted by Gasteiger charge is -2.16. The minimum Gasteiger partial charge on any atom is -0.380 e. The first kappa shape index (κ1) is 14.1. The molecule has 86 valence electrons. The van der Waals surface area contributed by atoms with Gasteiger partial charge in [0.05, 0.1) is 5.60 Å². The van der Waals surface area contributed by atoms with Crippen LogP contribution in [0.15, 0.2) is 30.3 Å². The van der Waals surface area contributed by atoms with E-state index in [4.69, 9.17) is 8.37 Å². The minimum absolute atomic E-state index is 0. The average Bonchev–Trinajstić information content (AvgIpc) is 2.02. The van der Waals surface area contributed by atoms with Gasteiger partial charge in [0, 0.05) is 0 Å². The Morgan fingerprint density at radius 3 is 2.13 bits per heavy atom. The molecule has 0 aliphatic heterocycles. The molecule has 1 aromatic rings. The second-order valence-electron chi connectivity index (χ2n) is 3.80. The number of hydrogen-bond acceptors (Lipinski definition) is 3. The first-order valence-electron chi connectivity index (χ1n) is 4.32. The van der Waals surface area contributed by atoms with Crippen molar-refractivity contribution in [2.45, 2.75) is 26.4 Å². The Balaban J connectivity index is 0.00000196. The number of benzene rings is 1. The molecule has 0 spiro atoms. The summed E-state index contributed by atoms with van der Waals surface area (Å²) in [4.78, 5) is 0. The summed E-state index contributed by atoms with van der Waals surface area (Å²) in [6, 6.07) is 8.93. The van der Waals surface area contributed by atoms with Crippen molar-refractivity contribution in [1.82, 2.24) is 0 Å². The fourth-order valence-electron chi connectivity index (χ4n) is 0.776. The van der Waals surface area contributed by atoms with Gasteiger partial charge in [0.2, 0.25) is 0 Å². The Labute approximate surface area is 91.6 Å². The smallest absolute Gasteiger partial charge is 0.360 e. The number of halogens is 1. The van der Waals surface area contributed by atoms with Crippen molar-refractivity contribution in [2.24, 2.45) is 0 Å². The van der Waals surface area contributed by atoms with Crippen LogP contribution in [-0.4, -0.2) is 9.81 Å². The van der Waals surface area contributed by atoms with Crippen LogP contribution >= 0.6 is 0 Å². The van der Waals surface area contributed by atoms with Crippen molar-refractivity contribution in [3.63, 3.8) is 0 Å². The van der Waals surface area contributed by atoms with Crippen LogP contribution < -0.4 is 4.18 Å². The molecule has 1 aromatic carbocycles. The van der Waals surface area contributed by atoms with Crippen LogP contribution in [-0.2, 0) is 15.5 Å². The zero-order chi connectivity index (χ0) is 10.6. The maximum absolute atomic E-state index is 11.3. The topological polar surface area (TPSA) is 35.5 Å². The third-order valence-corrected chi connectivity index (χ3v) is 2.19. The molecule has 1 atom stereocenters. The van der Waals surface area contributed by atoms with Gasteiger partial charge in [-0.15, -0.1) is 0 Å². The van der Waals surface area contributed by atoms with E-state index in [1.807, 2.05) is 39.0 Å². The Hall–Kier alpha value is -0.940. The zero-order valence-corrected chi connectivity index (χ0v) is 9.74. The summed E-state index contributed by atoms with van der Waals surface area (Å²) in [5.74, 6) is 0.537. The fraction of sp³-hybridized carbons (Fsp3) is 0.400. The lowest BCUT2D eigenvalue weighted by molar-refractivity contribution is 0.138. The molecule has 3 nitrogen and oxygen atoms in total.